The first-order valence-corrected chi connectivity index (χ1v) is 7.20. The van der Waals surface area contributed by atoms with E-state index in [0.29, 0.717) is 21.5 Å². The smallest absolute Gasteiger partial charge is 0.161 e. The quantitative estimate of drug-likeness (QED) is 0.888. The number of nitrogens with one attached hydrogen (secondary N) is 1. The Morgan fingerprint density at radius 2 is 1.48 bits per heavy atom. The number of methoxy groups -OCH3 is 2. The summed E-state index contributed by atoms with van der Waals surface area (Å²) in [5.41, 5.74) is 2.08. The molecule has 0 aliphatic carbocycles. The highest BCUT2D eigenvalue weighted by Crippen LogP contribution is 2.33. The Kier molecular flexibility index (Phi) is 5.34. The van der Waals surface area contributed by atoms with Crippen molar-refractivity contribution in [3.8, 4) is 11.5 Å². The van der Waals surface area contributed by atoms with Crippen LogP contribution in [0.2, 0.25) is 10.0 Å². The molecular formula is C16H17Cl2NO2. The van der Waals surface area contributed by atoms with Gasteiger partial charge in [0.05, 0.1) is 30.3 Å². The van der Waals surface area contributed by atoms with E-state index < -0.39 is 0 Å². The molecule has 1 unspecified atom stereocenters. The molecule has 1 N–H and O–H groups in total. The standard InChI is InChI=1S/C16H17Cl2NO2/c1-19-16(10-4-6-12(17)13(18)8-10)11-5-7-14(20-2)15(9-11)21-3/h4-9,16,19H,1-3H3. The first-order valence-electron chi connectivity index (χ1n) is 6.44. The number of benzene rings is 2. The predicted molar refractivity (Wildman–Crippen MR) is 86.9 cm³/mol. The van der Waals surface area contributed by atoms with Gasteiger partial charge in [0.2, 0.25) is 0 Å². The highest BCUT2D eigenvalue weighted by molar-refractivity contribution is 6.42. The molecule has 0 aliphatic heterocycles. The van der Waals surface area contributed by atoms with Crippen molar-refractivity contribution in [2.45, 2.75) is 6.04 Å². The van der Waals surface area contributed by atoms with Crippen LogP contribution in [0, 0.1) is 0 Å². The number of ether oxygens (including phenoxy) is 2. The van der Waals surface area contributed by atoms with Gasteiger partial charge in [-0.05, 0) is 42.4 Å². The lowest BCUT2D eigenvalue weighted by Gasteiger charge is -2.19. The third kappa shape index (κ3) is 3.43. The second kappa shape index (κ2) is 7.03. The van der Waals surface area contributed by atoms with Gasteiger partial charge in [-0.1, -0.05) is 35.3 Å². The molecule has 21 heavy (non-hydrogen) atoms. The maximum absolute atomic E-state index is 6.10. The van der Waals surface area contributed by atoms with E-state index in [2.05, 4.69) is 5.32 Å². The van der Waals surface area contributed by atoms with Gasteiger partial charge < -0.3 is 14.8 Å². The highest BCUT2D eigenvalue weighted by Gasteiger charge is 2.15. The minimum absolute atomic E-state index is 0.0143. The van der Waals surface area contributed by atoms with Crippen LogP contribution in [0.3, 0.4) is 0 Å². The van der Waals surface area contributed by atoms with E-state index in [0.717, 1.165) is 11.1 Å². The van der Waals surface area contributed by atoms with E-state index >= 15 is 0 Å². The molecule has 5 heteroatoms. The minimum Gasteiger partial charge on any atom is -0.493 e. The number of halogens is 2. The summed E-state index contributed by atoms with van der Waals surface area (Å²) >= 11 is 12.1. The van der Waals surface area contributed by atoms with Gasteiger partial charge in [-0.15, -0.1) is 0 Å². The summed E-state index contributed by atoms with van der Waals surface area (Å²) in [6.07, 6.45) is 0. The van der Waals surface area contributed by atoms with E-state index in [4.69, 9.17) is 32.7 Å². The summed E-state index contributed by atoms with van der Waals surface area (Å²) in [7, 11) is 5.13. The van der Waals surface area contributed by atoms with Gasteiger partial charge in [-0.3, -0.25) is 0 Å². The van der Waals surface area contributed by atoms with E-state index in [1.807, 2.05) is 37.4 Å². The van der Waals surface area contributed by atoms with E-state index in [-0.39, 0.29) is 6.04 Å². The molecule has 2 aromatic rings. The number of hydrogen-bond acceptors (Lipinski definition) is 3. The van der Waals surface area contributed by atoms with Gasteiger partial charge in [-0.25, -0.2) is 0 Å². The van der Waals surface area contributed by atoms with Crippen molar-refractivity contribution in [1.82, 2.24) is 5.32 Å². The van der Waals surface area contributed by atoms with Gasteiger partial charge in [0.25, 0.3) is 0 Å². The molecule has 2 rings (SSSR count). The predicted octanol–water partition coefficient (Wildman–Crippen LogP) is 4.32. The molecule has 3 nitrogen and oxygen atoms in total. The van der Waals surface area contributed by atoms with Crippen molar-refractivity contribution in [3.63, 3.8) is 0 Å². The number of hydrogen-bond donors (Lipinski definition) is 1. The molecule has 112 valence electrons. The van der Waals surface area contributed by atoms with E-state index in [9.17, 15) is 0 Å². The normalized spacial score (nSPS) is 12.0. The van der Waals surface area contributed by atoms with Crippen molar-refractivity contribution in [3.05, 3.63) is 57.6 Å². The van der Waals surface area contributed by atoms with Crippen LogP contribution in [-0.2, 0) is 0 Å². The minimum atomic E-state index is -0.0143. The summed E-state index contributed by atoms with van der Waals surface area (Å²) in [6.45, 7) is 0. The van der Waals surface area contributed by atoms with Crippen LogP contribution >= 0.6 is 23.2 Å². The fraction of sp³-hybridized carbons (Fsp3) is 0.250. The maximum atomic E-state index is 6.10. The Balaban J connectivity index is 2.43. The molecule has 1 atom stereocenters. The average molecular weight is 326 g/mol. The monoisotopic (exact) mass is 325 g/mol. The Labute approximate surface area is 134 Å². The van der Waals surface area contributed by atoms with Crippen LogP contribution < -0.4 is 14.8 Å². The van der Waals surface area contributed by atoms with Crippen molar-refractivity contribution in [1.29, 1.82) is 0 Å². The largest absolute Gasteiger partial charge is 0.493 e. The average Bonchev–Trinajstić information content (AvgIpc) is 2.51. The van der Waals surface area contributed by atoms with E-state index in [1.165, 1.54) is 0 Å². The zero-order valence-electron chi connectivity index (χ0n) is 12.1. The van der Waals surface area contributed by atoms with Crippen LogP contribution in [0.4, 0.5) is 0 Å². The summed E-state index contributed by atoms with van der Waals surface area (Å²) in [5, 5.41) is 4.35. The van der Waals surface area contributed by atoms with Crippen LogP contribution in [0.5, 0.6) is 11.5 Å². The second-order valence-electron chi connectivity index (χ2n) is 4.51. The van der Waals surface area contributed by atoms with Gasteiger partial charge in [-0.2, -0.15) is 0 Å². The lowest BCUT2D eigenvalue weighted by atomic mass is 9.98. The molecule has 0 heterocycles. The van der Waals surface area contributed by atoms with Crippen molar-refractivity contribution >= 4 is 23.2 Å². The molecule has 0 amide bonds. The van der Waals surface area contributed by atoms with Crippen LogP contribution in [0.1, 0.15) is 17.2 Å². The summed E-state index contributed by atoms with van der Waals surface area (Å²) in [6, 6.07) is 11.4. The second-order valence-corrected chi connectivity index (χ2v) is 5.32. The molecule has 0 bridgehead atoms. The lowest BCUT2D eigenvalue weighted by molar-refractivity contribution is 0.354. The molecule has 0 saturated heterocycles. The lowest BCUT2D eigenvalue weighted by Crippen LogP contribution is -2.17. The van der Waals surface area contributed by atoms with Crippen molar-refractivity contribution in [2.75, 3.05) is 21.3 Å². The molecular weight excluding hydrogens is 309 g/mol. The molecule has 0 fully saturated rings. The third-order valence-corrected chi connectivity index (χ3v) is 4.05. The van der Waals surface area contributed by atoms with Gasteiger partial charge in [0.15, 0.2) is 11.5 Å². The Morgan fingerprint density at radius 1 is 0.857 bits per heavy atom. The van der Waals surface area contributed by atoms with Crippen molar-refractivity contribution in [2.24, 2.45) is 0 Å². The summed E-state index contributed by atoms with van der Waals surface area (Å²) in [4.78, 5) is 0. The molecule has 0 saturated carbocycles. The Bertz CT molecular complexity index is 632. The van der Waals surface area contributed by atoms with Gasteiger partial charge in [0, 0.05) is 0 Å². The maximum Gasteiger partial charge on any atom is 0.161 e. The summed E-state index contributed by atoms with van der Waals surface area (Å²) in [5.74, 6) is 1.39. The summed E-state index contributed by atoms with van der Waals surface area (Å²) < 4.78 is 10.6. The zero-order chi connectivity index (χ0) is 15.4. The SMILES string of the molecule is CNC(c1ccc(Cl)c(Cl)c1)c1ccc(OC)c(OC)c1. The molecule has 2 aromatic carbocycles. The van der Waals surface area contributed by atoms with E-state index in [1.54, 1.807) is 20.3 Å². The topological polar surface area (TPSA) is 30.5 Å². The van der Waals surface area contributed by atoms with Crippen LogP contribution in [0.25, 0.3) is 0 Å². The Morgan fingerprint density at radius 3 is 2.05 bits per heavy atom. The molecule has 0 aliphatic rings. The third-order valence-electron chi connectivity index (χ3n) is 3.31. The Hall–Kier alpha value is -1.42. The van der Waals surface area contributed by atoms with Crippen LogP contribution in [0.15, 0.2) is 36.4 Å². The molecule has 0 spiro atoms. The van der Waals surface area contributed by atoms with Crippen LogP contribution in [-0.4, -0.2) is 21.3 Å². The fourth-order valence-corrected chi connectivity index (χ4v) is 2.56. The van der Waals surface area contributed by atoms with Gasteiger partial charge in [0.1, 0.15) is 0 Å². The number of rotatable bonds is 5. The van der Waals surface area contributed by atoms with Gasteiger partial charge >= 0.3 is 0 Å². The highest BCUT2D eigenvalue weighted by atomic mass is 35.5. The first-order chi connectivity index (χ1) is 10.1. The molecule has 0 radical (unpaired) electrons. The first kappa shape index (κ1) is 16.0. The van der Waals surface area contributed by atoms with Crippen molar-refractivity contribution < 1.29 is 9.47 Å². The zero-order valence-corrected chi connectivity index (χ0v) is 13.6. The fourth-order valence-electron chi connectivity index (χ4n) is 2.25. The molecule has 0 aromatic heterocycles.